The summed E-state index contributed by atoms with van der Waals surface area (Å²) in [5.74, 6) is 1.09. The van der Waals surface area contributed by atoms with Crippen LogP contribution in [0.2, 0.25) is 6.04 Å². The summed E-state index contributed by atoms with van der Waals surface area (Å²) in [5.41, 5.74) is 0. The van der Waals surface area contributed by atoms with Crippen LogP contribution in [0.1, 0.15) is 25.7 Å². The van der Waals surface area contributed by atoms with Gasteiger partial charge in [0.15, 0.2) is 0 Å². The Morgan fingerprint density at radius 2 is 1.77 bits per heavy atom. The summed E-state index contributed by atoms with van der Waals surface area (Å²) in [7, 11) is 0.0592. The molecule has 0 heterocycles. The van der Waals surface area contributed by atoms with Gasteiger partial charge in [-0.15, -0.1) is 0 Å². The van der Waals surface area contributed by atoms with Crippen molar-refractivity contribution in [3.05, 3.63) is 30.3 Å². The zero-order chi connectivity index (χ0) is 8.93. The lowest BCUT2D eigenvalue weighted by Crippen LogP contribution is -2.15. The molecule has 0 amide bonds. The van der Waals surface area contributed by atoms with Crippen molar-refractivity contribution in [1.82, 2.24) is 0 Å². The van der Waals surface area contributed by atoms with Crippen LogP contribution in [0.3, 0.4) is 0 Å². The van der Waals surface area contributed by atoms with Crippen molar-refractivity contribution < 1.29 is 0 Å². The highest BCUT2D eigenvalue weighted by molar-refractivity contribution is 6.53. The first-order chi connectivity index (χ1) is 6.45. The second-order valence-electron chi connectivity index (χ2n) is 4.17. The predicted octanol–water partition coefficient (Wildman–Crippen LogP) is 2.09. The van der Waals surface area contributed by atoms with Crippen LogP contribution in [0.15, 0.2) is 30.3 Å². The second kappa shape index (κ2) is 4.61. The van der Waals surface area contributed by atoms with Crippen molar-refractivity contribution in [2.75, 3.05) is 0 Å². The molecule has 0 radical (unpaired) electrons. The largest absolute Gasteiger partial charge is 0.0669 e. The lowest BCUT2D eigenvalue weighted by atomic mass is 10.1. The van der Waals surface area contributed by atoms with Crippen LogP contribution in [-0.2, 0) is 0 Å². The average Bonchev–Trinajstić information content (AvgIpc) is 2.69. The first-order valence-corrected chi connectivity index (χ1v) is 7.20. The minimum absolute atomic E-state index is 0.0592. The van der Waals surface area contributed by atoms with Gasteiger partial charge >= 0.3 is 0 Å². The maximum Gasteiger partial charge on any atom is 0.0550 e. The molecule has 0 N–H and O–H groups in total. The molecule has 0 spiro atoms. The minimum atomic E-state index is 0.0592. The van der Waals surface area contributed by atoms with E-state index in [2.05, 4.69) is 30.3 Å². The van der Waals surface area contributed by atoms with E-state index in [9.17, 15) is 0 Å². The summed E-state index contributed by atoms with van der Waals surface area (Å²) >= 11 is 0. The number of hydrogen-bond donors (Lipinski definition) is 0. The first kappa shape index (κ1) is 9.01. The zero-order valence-corrected chi connectivity index (χ0v) is 9.62. The summed E-state index contributed by atoms with van der Waals surface area (Å²) in [5, 5.41) is 1.65. The fourth-order valence-corrected chi connectivity index (χ4v) is 4.24. The van der Waals surface area contributed by atoms with E-state index in [1.807, 2.05) is 0 Å². The van der Waals surface area contributed by atoms with Crippen LogP contribution in [0.4, 0.5) is 0 Å². The molecule has 70 valence electrons. The van der Waals surface area contributed by atoms with Gasteiger partial charge in [-0.05, 0) is 5.92 Å². The predicted molar refractivity (Wildman–Crippen MR) is 61.4 cm³/mol. The van der Waals surface area contributed by atoms with E-state index in [4.69, 9.17) is 0 Å². The third kappa shape index (κ3) is 2.70. The van der Waals surface area contributed by atoms with Crippen LogP contribution in [0, 0.1) is 5.92 Å². The van der Waals surface area contributed by atoms with Gasteiger partial charge in [0, 0.05) is 0 Å². The normalized spacial score (nSPS) is 18.8. The molecule has 2 rings (SSSR count). The molecule has 1 saturated carbocycles. The van der Waals surface area contributed by atoms with E-state index in [0.29, 0.717) is 0 Å². The van der Waals surface area contributed by atoms with Crippen LogP contribution in [0.5, 0.6) is 0 Å². The summed E-state index contributed by atoms with van der Waals surface area (Å²) in [6, 6.07) is 12.6. The summed E-state index contributed by atoms with van der Waals surface area (Å²) in [6.07, 6.45) is 6.02. The molecule has 1 aromatic carbocycles. The molecule has 0 aliphatic heterocycles. The van der Waals surface area contributed by atoms with Crippen molar-refractivity contribution in [2.24, 2.45) is 5.92 Å². The highest BCUT2D eigenvalue weighted by atomic mass is 28.2. The molecular formula is C12H18Si. The Bertz CT molecular complexity index is 237. The topological polar surface area (TPSA) is 0 Å². The quantitative estimate of drug-likeness (QED) is 0.640. The van der Waals surface area contributed by atoms with E-state index in [1.165, 1.54) is 25.7 Å². The highest BCUT2D eigenvalue weighted by Crippen LogP contribution is 2.27. The van der Waals surface area contributed by atoms with Crippen LogP contribution < -0.4 is 5.19 Å². The molecule has 1 aliphatic carbocycles. The Morgan fingerprint density at radius 3 is 2.46 bits per heavy atom. The average molecular weight is 190 g/mol. The monoisotopic (exact) mass is 190 g/mol. The van der Waals surface area contributed by atoms with E-state index in [0.717, 1.165) is 5.92 Å². The fourth-order valence-electron chi connectivity index (χ4n) is 2.31. The highest BCUT2D eigenvalue weighted by Gasteiger charge is 2.14. The molecule has 0 nitrogen and oxygen atoms in total. The lowest BCUT2D eigenvalue weighted by molar-refractivity contribution is 0.610. The molecular weight excluding hydrogens is 172 g/mol. The van der Waals surface area contributed by atoms with Gasteiger partial charge in [-0.25, -0.2) is 0 Å². The van der Waals surface area contributed by atoms with Gasteiger partial charge < -0.3 is 0 Å². The van der Waals surface area contributed by atoms with Gasteiger partial charge in [0.05, 0.1) is 9.52 Å². The molecule has 1 heteroatoms. The van der Waals surface area contributed by atoms with Gasteiger partial charge in [0.2, 0.25) is 0 Å². The van der Waals surface area contributed by atoms with Crippen molar-refractivity contribution in [3.8, 4) is 0 Å². The molecule has 0 bridgehead atoms. The number of benzene rings is 1. The summed E-state index contributed by atoms with van der Waals surface area (Å²) < 4.78 is 0. The van der Waals surface area contributed by atoms with Crippen LogP contribution in [0.25, 0.3) is 0 Å². The molecule has 0 aromatic heterocycles. The molecule has 0 unspecified atom stereocenters. The Morgan fingerprint density at radius 1 is 1.08 bits per heavy atom. The molecule has 1 aliphatic rings. The smallest absolute Gasteiger partial charge is 0.0550 e. The van der Waals surface area contributed by atoms with Gasteiger partial charge in [0.25, 0.3) is 0 Å². The Hall–Kier alpha value is -0.563. The third-order valence-corrected chi connectivity index (χ3v) is 5.31. The van der Waals surface area contributed by atoms with E-state index in [1.54, 1.807) is 11.2 Å². The van der Waals surface area contributed by atoms with Crippen LogP contribution >= 0.6 is 0 Å². The van der Waals surface area contributed by atoms with Crippen molar-refractivity contribution in [1.29, 1.82) is 0 Å². The Labute approximate surface area is 83.2 Å². The maximum absolute atomic E-state index is 2.31. The number of rotatable bonds is 3. The number of hydrogen-bond acceptors (Lipinski definition) is 0. The SMILES string of the molecule is c1ccc([SiH2]CC2CCCC2)cc1. The molecule has 1 aromatic rings. The lowest BCUT2D eigenvalue weighted by Gasteiger charge is -2.07. The van der Waals surface area contributed by atoms with E-state index in [-0.39, 0.29) is 9.52 Å². The molecule has 0 atom stereocenters. The van der Waals surface area contributed by atoms with Crippen molar-refractivity contribution in [3.63, 3.8) is 0 Å². The maximum atomic E-state index is 2.31. The van der Waals surface area contributed by atoms with Gasteiger partial charge in [-0.2, -0.15) is 0 Å². The van der Waals surface area contributed by atoms with Crippen LogP contribution in [-0.4, -0.2) is 9.52 Å². The molecule has 0 saturated heterocycles. The fraction of sp³-hybridized carbons (Fsp3) is 0.500. The second-order valence-corrected chi connectivity index (χ2v) is 6.07. The van der Waals surface area contributed by atoms with Crippen molar-refractivity contribution >= 4 is 14.7 Å². The van der Waals surface area contributed by atoms with Gasteiger partial charge in [0.1, 0.15) is 0 Å². The van der Waals surface area contributed by atoms with Crippen molar-refractivity contribution in [2.45, 2.75) is 31.7 Å². The standard InChI is InChI=1S/C12H18Si/c1-2-8-12(9-3-1)13-10-11-6-4-5-7-11/h1-3,8-9,11H,4-7,10,13H2. The third-order valence-electron chi connectivity index (χ3n) is 3.16. The summed E-state index contributed by atoms with van der Waals surface area (Å²) in [6.45, 7) is 0. The summed E-state index contributed by atoms with van der Waals surface area (Å²) in [4.78, 5) is 0. The zero-order valence-electron chi connectivity index (χ0n) is 8.21. The first-order valence-electron chi connectivity index (χ1n) is 5.49. The molecule has 13 heavy (non-hydrogen) atoms. The Kier molecular flexibility index (Phi) is 3.20. The molecule has 1 fully saturated rings. The van der Waals surface area contributed by atoms with E-state index < -0.39 is 0 Å². The van der Waals surface area contributed by atoms with Gasteiger partial charge in [-0.3, -0.25) is 0 Å². The van der Waals surface area contributed by atoms with E-state index >= 15 is 0 Å². The van der Waals surface area contributed by atoms with Gasteiger partial charge in [-0.1, -0.05) is 67.2 Å². The minimum Gasteiger partial charge on any atom is -0.0669 e. The Balaban J connectivity index is 1.79.